The lowest BCUT2D eigenvalue weighted by Gasteiger charge is -2.05. The van der Waals surface area contributed by atoms with Gasteiger partial charge in [-0.1, -0.05) is 19.1 Å². The minimum absolute atomic E-state index is 0.159. The predicted octanol–water partition coefficient (Wildman–Crippen LogP) is 1.55. The van der Waals surface area contributed by atoms with Crippen molar-refractivity contribution in [3.63, 3.8) is 0 Å². The van der Waals surface area contributed by atoms with E-state index in [9.17, 15) is 9.59 Å². The average molecular weight is 278 g/mol. The molecule has 20 heavy (non-hydrogen) atoms. The van der Waals surface area contributed by atoms with Crippen molar-refractivity contribution in [1.29, 1.82) is 0 Å². The molecule has 0 saturated carbocycles. The molecular weight excluding hydrogens is 260 g/mol. The number of carbonyl (C=O) groups excluding carboxylic acids is 2. The molecule has 1 aromatic carbocycles. The van der Waals surface area contributed by atoms with E-state index in [2.05, 4.69) is 4.74 Å². The molecule has 0 heterocycles. The molecule has 0 fully saturated rings. The first-order valence-corrected chi connectivity index (χ1v) is 6.37. The van der Waals surface area contributed by atoms with E-state index in [1.165, 1.54) is 6.08 Å². The molecule has 2 N–H and O–H groups in total. The van der Waals surface area contributed by atoms with Crippen LogP contribution in [0.25, 0.3) is 6.08 Å². The van der Waals surface area contributed by atoms with Gasteiger partial charge >= 0.3 is 11.9 Å². The highest BCUT2D eigenvalue weighted by molar-refractivity contribution is 5.94. The lowest BCUT2D eigenvalue weighted by molar-refractivity contribution is -0.156. The lowest BCUT2D eigenvalue weighted by Crippen LogP contribution is -2.09. The molecule has 0 saturated heterocycles. The SMILES string of the molecule is CCCC(=O)OC(=O)/C=C/c1ccc(CO)c(CO)c1. The summed E-state index contributed by atoms with van der Waals surface area (Å²) in [7, 11) is 0. The second-order valence-electron chi connectivity index (χ2n) is 4.22. The lowest BCUT2D eigenvalue weighted by atomic mass is 10.0. The summed E-state index contributed by atoms with van der Waals surface area (Å²) in [6.07, 6.45) is 3.47. The summed E-state index contributed by atoms with van der Waals surface area (Å²) in [5, 5.41) is 18.2. The summed E-state index contributed by atoms with van der Waals surface area (Å²) >= 11 is 0. The number of esters is 2. The highest BCUT2D eigenvalue weighted by atomic mass is 16.6. The average Bonchev–Trinajstić information content (AvgIpc) is 2.44. The highest BCUT2D eigenvalue weighted by Crippen LogP contribution is 2.13. The monoisotopic (exact) mass is 278 g/mol. The second-order valence-corrected chi connectivity index (χ2v) is 4.22. The van der Waals surface area contributed by atoms with Gasteiger partial charge in [0.1, 0.15) is 0 Å². The molecule has 5 nitrogen and oxygen atoms in total. The molecule has 0 amide bonds. The van der Waals surface area contributed by atoms with Gasteiger partial charge in [0.15, 0.2) is 0 Å². The van der Waals surface area contributed by atoms with Gasteiger partial charge in [-0.3, -0.25) is 4.79 Å². The van der Waals surface area contributed by atoms with Crippen LogP contribution in [-0.2, 0) is 27.5 Å². The molecule has 1 rings (SSSR count). The number of hydrogen-bond acceptors (Lipinski definition) is 5. The molecule has 108 valence electrons. The molecule has 1 aromatic rings. The van der Waals surface area contributed by atoms with E-state index in [1.54, 1.807) is 18.2 Å². The van der Waals surface area contributed by atoms with Crippen molar-refractivity contribution in [3.05, 3.63) is 41.0 Å². The van der Waals surface area contributed by atoms with Crippen LogP contribution < -0.4 is 0 Å². The topological polar surface area (TPSA) is 83.8 Å². The fourth-order valence-corrected chi connectivity index (χ4v) is 1.62. The van der Waals surface area contributed by atoms with Gasteiger partial charge in [-0.25, -0.2) is 4.79 Å². The summed E-state index contributed by atoms with van der Waals surface area (Å²) in [4.78, 5) is 22.5. The number of ether oxygens (including phenoxy) is 1. The van der Waals surface area contributed by atoms with Gasteiger partial charge in [0.05, 0.1) is 13.2 Å². The van der Waals surface area contributed by atoms with Crippen LogP contribution in [0, 0.1) is 0 Å². The normalized spacial score (nSPS) is 10.8. The number of hydrogen-bond donors (Lipinski definition) is 2. The van der Waals surface area contributed by atoms with Crippen LogP contribution in [0.3, 0.4) is 0 Å². The fraction of sp³-hybridized carbons (Fsp3) is 0.333. The van der Waals surface area contributed by atoms with Crippen LogP contribution in [0.1, 0.15) is 36.5 Å². The first-order valence-electron chi connectivity index (χ1n) is 6.37. The Morgan fingerprint density at radius 1 is 1.20 bits per heavy atom. The number of benzene rings is 1. The van der Waals surface area contributed by atoms with Crippen LogP contribution >= 0.6 is 0 Å². The Labute approximate surface area is 117 Å². The number of aliphatic hydroxyl groups excluding tert-OH is 2. The first kappa shape index (κ1) is 16.1. The van der Waals surface area contributed by atoms with Crippen LogP contribution in [0.5, 0.6) is 0 Å². The zero-order valence-electron chi connectivity index (χ0n) is 11.3. The van der Waals surface area contributed by atoms with E-state index in [-0.39, 0.29) is 19.6 Å². The van der Waals surface area contributed by atoms with Crippen molar-refractivity contribution in [2.75, 3.05) is 0 Å². The van der Waals surface area contributed by atoms with Crippen molar-refractivity contribution >= 4 is 18.0 Å². The maximum Gasteiger partial charge on any atom is 0.338 e. The zero-order chi connectivity index (χ0) is 15.0. The summed E-state index contributed by atoms with van der Waals surface area (Å²) in [6.45, 7) is 1.46. The smallest absolute Gasteiger partial charge is 0.338 e. The van der Waals surface area contributed by atoms with Gasteiger partial charge < -0.3 is 14.9 Å². The number of rotatable bonds is 6. The van der Waals surface area contributed by atoms with E-state index in [4.69, 9.17) is 10.2 Å². The third-order valence-electron chi connectivity index (χ3n) is 2.65. The number of aliphatic hydroxyl groups is 2. The largest absolute Gasteiger partial charge is 0.392 e. The van der Waals surface area contributed by atoms with Crippen LogP contribution in [-0.4, -0.2) is 22.2 Å². The molecular formula is C15H18O5. The van der Waals surface area contributed by atoms with E-state index >= 15 is 0 Å². The third kappa shape index (κ3) is 4.95. The van der Waals surface area contributed by atoms with E-state index in [0.717, 1.165) is 6.08 Å². The van der Waals surface area contributed by atoms with Crippen molar-refractivity contribution in [2.24, 2.45) is 0 Å². The van der Waals surface area contributed by atoms with Crippen LogP contribution in [0.4, 0.5) is 0 Å². The Balaban J connectivity index is 2.70. The Morgan fingerprint density at radius 2 is 1.90 bits per heavy atom. The third-order valence-corrected chi connectivity index (χ3v) is 2.65. The molecule has 0 bridgehead atoms. The summed E-state index contributed by atoms with van der Waals surface area (Å²) in [5.74, 6) is -1.27. The molecule has 0 aromatic heterocycles. The van der Waals surface area contributed by atoms with Gasteiger partial charge in [0, 0.05) is 12.5 Å². The predicted molar refractivity (Wildman–Crippen MR) is 73.3 cm³/mol. The van der Waals surface area contributed by atoms with E-state index in [0.29, 0.717) is 23.1 Å². The summed E-state index contributed by atoms with van der Waals surface area (Å²) in [5.41, 5.74) is 1.89. The molecule has 0 radical (unpaired) electrons. The Morgan fingerprint density at radius 3 is 2.50 bits per heavy atom. The number of carbonyl (C=O) groups is 2. The summed E-state index contributed by atoms with van der Waals surface area (Å²) in [6, 6.07) is 5.02. The fourth-order valence-electron chi connectivity index (χ4n) is 1.62. The molecule has 0 aliphatic rings. The maximum absolute atomic E-state index is 11.4. The van der Waals surface area contributed by atoms with Gasteiger partial charge in [-0.2, -0.15) is 0 Å². The Bertz CT molecular complexity index is 505. The Hall–Kier alpha value is -1.98. The Kier molecular flexibility index (Phi) is 6.63. The first-order chi connectivity index (χ1) is 9.60. The second kappa shape index (κ2) is 8.24. The standard InChI is InChI=1S/C15H18O5/c1-2-3-14(18)20-15(19)7-5-11-4-6-12(9-16)13(8-11)10-17/h4-8,16-17H,2-3,9-10H2,1H3/b7-5+. The van der Waals surface area contributed by atoms with Crippen molar-refractivity contribution in [2.45, 2.75) is 33.0 Å². The zero-order valence-corrected chi connectivity index (χ0v) is 11.3. The van der Waals surface area contributed by atoms with E-state index < -0.39 is 11.9 Å². The maximum atomic E-state index is 11.4. The summed E-state index contributed by atoms with van der Waals surface area (Å²) < 4.78 is 4.56. The van der Waals surface area contributed by atoms with Gasteiger partial charge in [-0.05, 0) is 35.3 Å². The minimum atomic E-state index is -0.722. The molecule has 0 aliphatic heterocycles. The van der Waals surface area contributed by atoms with E-state index in [1.807, 2.05) is 6.92 Å². The highest BCUT2D eigenvalue weighted by Gasteiger charge is 2.06. The molecule has 0 atom stereocenters. The van der Waals surface area contributed by atoms with Gasteiger partial charge in [-0.15, -0.1) is 0 Å². The van der Waals surface area contributed by atoms with Crippen LogP contribution in [0.2, 0.25) is 0 Å². The van der Waals surface area contributed by atoms with Gasteiger partial charge in [0.2, 0.25) is 0 Å². The molecule has 0 unspecified atom stereocenters. The van der Waals surface area contributed by atoms with Crippen molar-refractivity contribution < 1.29 is 24.5 Å². The van der Waals surface area contributed by atoms with Gasteiger partial charge in [0.25, 0.3) is 0 Å². The quantitative estimate of drug-likeness (QED) is 0.468. The molecule has 5 heteroatoms. The van der Waals surface area contributed by atoms with Crippen molar-refractivity contribution in [1.82, 2.24) is 0 Å². The molecule has 0 spiro atoms. The van der Waals surface area contributed by atoms with Crippen molar-refractivity contribution in [3.8, 4) is 0 Å². The molecule has 0 aliphatic carbocycles. The van der Waals surface area contributed by atoms with Crippen LogP contribution in [0.15, 0.2) is 24.3 Å². The minimum Gasteiger partial charge on any atom is -0.392 e.